The van der Waals surface area contributed by atoms with E-state index >= 15 is 0 Å². The SMILES string of the molecule is CCCCOC1CCC(=O)N1C(=O)c1ccc(-c2ccccc2)cc1. The molecule has 1 saturated heterocycles. The van der Waals surface area contributed by atoms with Crippen molar-refractivity contribution in [2.75, 3.05) is 6.61 Å². The van der Waals surface area contributed by atoms with Gasteiger partial charge in [0, 0.05) is 25.0 Å². The summed E-state index contributed by atoms with van der Waals surface area (Å²) in [6, 6.07) is 17.4. The number of imide groups is 1. The fourth-order valence-electron chi connectivity index (χ4n) is 3.00. The molecule has 0 aliphatic carbocycles. The largest absolute Gasteiger partial charge is 0.358 e. The van der Waals surface area contributed by atoms with Crippen molar-refractivity contribution in [2.45, 2.75) is 38.8 Å². The second-order valence-corrected chi connectivity index (χ2v) is 6.23. The van der Waals surface area contributed by atoms with Gasteiger partial charge in [0.1, 0.15) is 6.23 Å². The molecule has 4 heteroatoms. The third-order valence-electron chi connectivity index (χ3n) is 4.43. The van der Waals surface area contributed by atoms with Crippen LogP contribution in [0.25, 0.3) is 11.1 Å². The molecule has 1 aliphatic heterocycles. The van der Waals surface area contributed by atoms with Crippen molar-refractivity contribution in [2.24, 2.45) is 0 Å². The van der Waals surface area contributed by atoms with Gasteiger partial charge in [-0.25, -0.2) is 0 Å². The maximum absolute atomic E-state index is 12.8. The number of ether oxygens (including phenoxy) is 1. The third kappa shape index (κ3) is 3.97. The number of carbonyl (C=O) groups excluding carboxylic acids is 2. The Morgan fingerprint density at radius 3 is 2.44 bits per heavy atom. The summed E-state index contributed by atoms with van der Waals surface area (Å²) >= 11 is 0. The number of carbonyl (C=O) groups is 2. The van der Waals surface area contributed by atoms with E-state index in [1.165, 1.54) is 4.90 Å². The lowest BCUT2D eigenvalue weighted by atomic mass is 10.0. The highest BCUT2D eigenvalue weighted by Gasteiger charge is 2.36. The zero-order chi connectivity index (χ0) is 17.6. The lowest BCUT2D eigenvalue weighted by Crippen LogP contribution is -2.40. The molecule has 1 unspecified atom stereocenters. The van der Waals surface area contributed by atoms with Gasteiger partial charge in [0.05, 0.1) is 0 Å². The van der Waals surface area contributed by atoms with Crippen LogP contribution in [-0.2, 0) is 9.53 Å². The molecule has 25 heavy (non-hydrogen) atoms. The Balaban J connectivity index is 1.74. The van der Waals surface area contributed by atoms with E-state index in [2.05, 4.69) is 6.92 Å². The van der Waals surface area contributed by atoms with Crippen LogP contribution < -0.4 is 0 Å². The van der Waals surface area contributed by atoms with Crippen LogP contribution >= 0.6 is 0 Å². The monoisotopic (exact) mass is 337 g/mol. The van der Waals surface area contributed by atoms with Gasteiger partial charge in [-0.15, -0.1) is 0 Å². The Bertz CT molecular complexity index is 725. The van der Waals surface area contributed by atoms with Gasteiger partial charge in [-0.05, 0) is 29.7 Å². The van der Waals surface area contributed by atoms with Crippen LogP contribution in [0.5, 0.6) is 0 Å². The average Bonchev–Trinajstić information content (AvgIpc) is 3.03. The summed E-state index contributed by atoms with van der Waals surface area (Å²) in [7, 11) is 0. The minimum atomic E-state index is -0.430. The summed E-state index contributed by atoms with van der Waals surface area (Å²) < 4.78 is 5.75. The number of benzene rings is 2. The Labute approximate surface area is 148 Å². The van der Waals surface area contributed by atoms with E-state index in [9.17, 15) is 9.59 Å². The van der Waals surface area contributed by atoms with E-state index in [1.807, 2.05) is 42.5 Å². The van der Waals surface area contributed by atoms with Gasteiger partial charge >= 0.3 is 0 Å². The molecule has 1 heterocycles. The number of rotatable bonds is 6. The minimum Gasteiger partial charge on any atom is -0.358 e. The van der Waals surface area contributed by atoms with Crippen molar-refractivity contribution in [3.8, 4) is 11.1 Å². The smallest absolute Gasteiger partial charge is 0.262 e. The number of hydrogen-bond acceptors (Lipinski definition) is 3. The van der Waals surface area contributed by atoms with E-state index in [0.29, 0.717) is 25.0 Å². The molecule has 4 nitrogen and oxygen atoms in total. The van der Waals surface area contributed by atoms with Crippen LogP contribution in [0, 0.1) is 0 Å². The Kier molecular flexibility index (Phi) is 5.61. The molecule has 2 amide bonds. The van der Waals surface area contributed by atoms with E-state index in [0.717, 1.165) is 24.0 Å². The topological polar surface area (TPSA) is 46.6 Å². The average molecular weight is 337 g/mol. The third-order valence-corrected chi connectivity index (χ3v) is 4.43. The first-order valence-electron chi connectivity index (χ1n) is 8.84. The zero-order valence-electron chi connectivity index (χ0n) is 14.5. The van der Waals surface area contributed by atoms with Crippen LogP contribution in [0.15, 0.2) is 54.6 Å². The first-order valence-corrected chi connectivity index (χ1v) is 8.84. The van der Waals surface area contributed by atoms with Crippen LogP contribution in [0.2, 0.25) is 0 Å². The van der Waals surface area contributed by atoms with Gasteiger partial charge in [0.15, 0.2) is 0 Å². The molecule has 0 bridgehead atoms. The fourth-order valence-corrected chi connectivity index (χ4v) is 3.00. The predicted molar refractivity (Wildman–Crippen MR) is 96.9 cm³/mol. The second-order valence-electron chi connectivity index (χ2n) is 6.23. The van der Waals surface area contributed by atoms with Gasteiger partial charge in [-0.2, -0.15) is 0 Å². The van der Waals surface area contributed by atoms with Crippen molar-refractivity contribution in [1.82, 2.24) is 4.90 Å². The normalized spacial score (nSPS) is 17.1. The molecule has 1 aliphatic rings. The molecule has 0 aromatic heterocycles. The maximum Gasteiger partial charge on any atom is 0.262 e. The lowest BCUT2D eigenvalue weighted by Gasteiger charge is -2.23. The van der Waals surface area contributed by atoms with Crippen molar-refractivity contribution >= 4 is 11.8 Å². The zero-order valence-corrected chi connectivity index (χ0v) is 14.5. The first kappa shape index (κ1) is 17.4. The van der Waals surface area contributed by atoms with Gasteiger partial charge in [-0.1, -0.05) is 55.8 Å². The predicted octanol–water partition coefficient (Wildman–Crippen LogP) is 4.26. The quantitative estimate of drug-likeness (QED) is 0.584. The highest BCUT2D eigenvalue weighted by atomic mass is 16.5. The van der Waals surface area contributed by atoms with E-state index < -0.39 is 6.23 Å². The van der Waals surface area contributed by atoms with Gasteiger partial charge in [-0.3, -0.25) is 14.5 Å². The molecule has 0 spiro atoms. The summed E-state index contributed by atoms with van der Waals surface area (Å²) in [6.07, 6.45) is 2.47. The summed E-state index contributed by atoms with van der Waals surface area (Å²) in [5.41, 5.74) is 2.65. The number of unbranched alkanes of at least 4 members (excludes halogenated alkanes) is 1. The van der Waals surface area contributed by atoms with Crippen LogP contribution in [-0.4, -0.2) is 29.5 Å². The van der Waals surface area contributed by atoms with Crippen molar-refractivity contribution < 1.29 is 14.3 Å². The van der Waals surface area contributed by atoms with Gasteiger partial charge in [0.25, 0.3) is 5.91 Å². The Hall–Kier alpha value is -2.46. The standard InChI is InChI=1S/C21H23NO3/c1-2-3-15-25-20-14-13-19(23)22(20)21(24)18-11-9-17(10-12-18)16-7-5-4-6-8-16/h4-12,20H,2-3,13-15H2,1H3. The number of likely N-dealkylation sites (tertiary alicyclic amines) is 1. The number of hydrogen-bond donors (Lipinski definition) is 0. The Morgan fingerprint density at radius 2 is 1.76 bits per heavy atom. The van der Waals surface area contributed by atoms with Gasteiger partial charge in [0.2, 0.25) is 5.91 Å². The number of amides is 2. The van der Waals surface area contributed by atoms with E-state index in [1.54, 1.807) is 12.1 Å². The lowest BCUT2D eigenvalue weighted by molar-refractivity contribution is -0.131. The van der Waals surface area contributed by atoms with Gasteiger partial charge < -0.3 is 4.74 Å². The summed E-state index contributed by atoms with van der Waals surface area (Å²) in [4.78, 5) is 26.2. The molecule has 130 valence electrons. The van der Waals surface area contributed by atoms with Crippen LogP contribution in [0.3, 0.4) is 0 Å². The Morgan fingerprint density at radius 1 is 1.08 bits per heavy atom. The number of nitrogens with zero attached hydrogens (tertiary/aromatic N) is 1. The van der Waals surface area contributed by atoms with Crippen molar-refractivity contribution in [1.29, 1.82) is 0 Å². The molecule has 2 aromatic rings. The molecule has 0 radical (unpaired) electrons. The van der Waals surface area contributed by atoms with E-state index in [4.69, 9.17) is 4.74 Å². The summed E-state index contributed by atoms with van der Waals surface area (Å²) in [5, 5.41) is 0. The maximum atomic E-state index is 12.8. The minimum absolute atomic E-state index is 0.154. The van der Waals surface area contributed by atoms with E-state index in [-0.39, 0.29) is 11.8 Å². The molecule has 3 rings (SSSR count). The second kappa shape index (κ2) is 8.08. The molecule has 0 saturated carbocycles. The highest BCUT2D eigenvalue weighted by molar-refractivity contribution is 6.06. The molecular formula is C21H23NO3. The van der Waals surface area contributed by atoms with Crippen molar-refractivity contribution in [3.05, 3.63) is 60.2 Å². The van der Waals surface area contributed by atoms with Crippen molar-refractivity contribution in [3.63, 3.8) is 0 Å². The van der Waals surface area contributed by atoms with Crippen LogP contribution in [0.1, 0.15) is 43.0 Å². The molecule has 2 aromatic carbocycles. The van der Waals surface area contributed by atoms with Crippen LogP contribution in [0.4, 0.5) is 0 Å². The molecule has 0 N–H and O–H groups in total. The molecular weight excluding hydrogens is 314 g/mol. The summed E-state index contributed by atoms with van der Waals surface area (Å²) in [6.45, 7) is 2.66. The first-order chi connectivity index (χ1) is 12.2. The highest BCUT2D eigenvalue weighted by Crippen LogP contribution is 2.24. The molecule has 1 atom stereocenters. The summed E-state index contributed by atoms with van der Waals surface area (Å²) in [5.74, 6) is -0.428. The molecule has 1 fully saturated rings. The fraction of sp³-hybridized carbons (Fsp3) is 0.333.